The Balaban J connectivity index is 1.70. The fraction of sp³-hybridized carbons (Fsp3) is 0.419. The highest BCUT2D eigenvalue weighted by atomic mass is 16.8. The van der Waals surface area contributed by atoms with Crippen LogP contribution in [0.3, 0.4) is 0 Å². The van der Waals surface area contributed by atoms with Crippen LogP contribution >= 0.6 is 0 Å². The first kappa shape index (κ1) is 46.8. The summed E-state index contributed by atoms with van der Waals surface area (Å²) in [6.45, 7) is 3.08. The summed E-state index contributed by atoms with van der Waals surface area (Å²) < 4.78 is 58.7. The van der Waals surface area contributed by atoms with Crippen LogP contribution < -0.4 is 0 Å². The molecular formula is C43H47NO18. The molecule has 0 N–H and O–H groups in total. The third kappa shape index (κ3) is 12.0. The number of rotatable bonds is 16. The van der Waals surface area contributed by atoms with Crippen LogP contribution in [0.4, 0.5) is 0 Å². The maximum atomic E-state index is 14.1. The number of esters is 7. The molecule has 19 nitrogen and oxygen atoms in total. The van der Waals surface area contributed by atoms with E-state index >= 15 is 0 Å². The minimum absolute atomic E-state index is 0.0724. The van der Waals surface area contributed by atoms with Gasteiger partial charge in [0, 0.05) is 34.8 Å². The first-order valence-corrected chi connectivity index (χ1v) is 19.3. The van der Waals surface area contributed by atoms with Crippen molar-refractivity contribution in [3.8, 4) is 0 Å². The minimum atomic E-state index is -1.76. The van der Waals surface area contributed by atoms with Gasteiger partial charge in [0.15, 0.2) is 43.0 Å². The smallest absolute Gasteiger partial charge is 0.338 e. The van der Waals surface area contributed by atoms with Gasteiger partial charge < -0.3 is 47.4 Å². The van der Waals surface area contributed by atoms with Crippen LogP contribution in [0.2, 0.25) is 0 Å². The molecule has 2 aliphatic rings. The van der Waals surface area contributed by atoms with Crippen molar-refractivity contribution < 1.29 is 85.8 Å². The molecule has 0 unspecified atom stereocenters. The van der Waals surface area contributed by atoms with Gasteiger partial charge in [0.2, 0.25) is 0 Å². The standard InChI is InChI=1S/C43H47NO18/c1-24(45)54-23-32-34(56-25(2)46)36(57-26(3)47)37(58-27(4)48)39(59-32)44(53-6)33-31(22-55-40(49)28-16-10-7-11-17-28)60-43(52-5)38(62-42(51)30-20-14-9-15-21-30)35(33)61-41(50)29-18-12-8-13-19-29/h7-21,31-39,43H,22-23H2,1-6H3/t31-,32-,33-,34-,35+,36+,37-,38-,39-,43+/m1/s1. The van der Waals surface area contributed by atoms with Gasteiger partial charge in [-0.15, -0.1) is 5.06 Å². The van der Waals surface area contributed by atoms with E-state index in [1.807, 2.05) is 0 Å². The summed E-state index contributed by atoms with van der Waals surface area (Å²) in [5.74, 6) is -6.04. The maximum absolute atomic E-state index is 14.1. The van der Waals surface area contributed by atoms with Gasteiger partial charge in [-0.25, -0.2) is 14.4 Å². The van der Waals surface area contributed by atoms with Crippen LogP contribution in [0.15, 0.2) is 91.0 Å². The number of ether oxygens (including phenoxy) is 10. The molecule has 2 fully saturated rings. The largest absolute Gasteiger partial charge is 0.463 e. The van der Waals surface area contributed by atoms with Crippen LogP contribution in [0.25, 0.3) is 0 Å². The van der Waals surface area contributed by atoms with Gasteiger partial charge >= 0.3 is 41.8 Å². The Bertz CT molecular complexity index is 2020. The average Bonchev–Trinajstić information content (AvgIpc) is 3.25. The topological polar surface area (TPSA) is 224 Å². The molecule has 5 rings (SSSR count). The molecule has 332 valence electrons. The number of benzene rings is 3. The molecule has 62 heavy (non-hydrogen) atoms. The lowest BCUT2D eigenvalue weighted by Gasteiger charge is -2.52. The molecule has 0 radical (unpaired) electrons. The second-order valence-corrected chi connectivity index (χ2v) is 13.8. The predicted octanol–water partition coefficient (Wildman–Crippen LogP) is 2.98. The molecule has 10 atom stereocenters. The number of hydrogen-bond acceptors (Lipinski definition) is 19. The van der Waals surface area contributed by atoms with Crippen LogP contribution in [-0.2, 0) is 71.4 Å². The van der Waals surface area contributed by atoms with E-state index in [9.17, 15) is 33.6 Å². The molecule has 0 bridgehead atoms. The molecule has 0 spiro atoms. The van der Waals surface area contributed by atoms with Gasteiger partial charge in [0.25, 0.3) is 0 Å². The Hall–Kier alpha value is -6.25. The van der Waals surface area contributed by atoms with E-state index in [-0.39, 0.29) is 16.7 Å². The van der Waals surface area contributed by atoms with Crippen molar-refractivity contribution in [3.63, 3.8) is 0 Å². The molecule has 0 aliphatic carbocycles. The monoisotopic (exact) mass is 865 g/mol. The normalized spacial score (nSPS) is 25.7. The van der Waals surface area contributed by atoms with E-state index in [0.717, 1.165) is 39.9 Å². The van der Waals surface area contributed by atoms with Crippen LogP contribution in [0.5, 0.6) is 0 Å². The van der Waals surface area contributed by atoms with Crippen molar-refractivity contribution in [2.24, 2.45) is 0 Å². The molecule has 2 heterocycles. The summed E-state index contributed by atoms with van der Waals surface area (Å²) in [5, 5.41) is 1.01. The fourth-order valence-electron chi connectivity index (χ4n) is 6.94. The van der Waals surface area contributed by atoms with Gasteiger partial charge in [-0.1, -0.05) is 54.6 Å². The Morgan fingerprint density at radius 1 is 0.484 bits per heavy atom. The predicted molar refractivity (Wildman–Crippen MR) is 208 cm³/mol. The Kier molecular flexibility index (Phi) is 16.6. The maximum Gasteiger partial charge on any atom is 0.338 e. The van der Waals surface area contributed by atoms with Crippen LogP contribution in [-0.4, -0.2) is 136 Å². The SMILES string of the molecule is CO[C@H]1O[C@H](COC(=O)c2ccccc2)[C@@H](N(OC)[C@@H]2O[C@H](COC(C)=O)[C@@H](OC(C)=O)[C@H](OC(C)=O)[C@H]2OC(C)=O)[C@H](OC(=O)c2ccccc2)[C@H]1OC(=O)c1ccccc1. The van der Waals surface area contributed by atoms with E-state index in [1.165, 1.54) is 43.5 Å². The van der Waals surface area contributed by atoms with Crippen molar-refractivity contribution in [1.29, 1.82) is 0 Å². The number of nitrogens with zero attached hydrogens (tertiary/aromatic N) is 1. The Morgan fingerprint density at radius 3 is 1.40 bits per heavy atom. The van der Waals surface area contributed by atoms with Gasteiger partial charge in [-0.2, -0.15) is 0 Å². The summed E-state index contributed by atoms with van der Waals surface area (Å²) in [4.78, 5) is 97.4. The van der Waals surface area contributed by atoms with E-state index < -0.39 is 116 Å². The first-order chi connectivity index (χ1) is 29.7. The van der Waals surface area contributed by atoms with Crippen LogP contribution in [0.1, 0.15) is 58.8 Å². The van der Waals surface area contributed by atoms with E-state index in [1.54, 1.807) is 54.6 Å². The molecule has 0 aromatic heterocycles. The lowest BCUT2D eigenvalue weighted by molar-refractivity contribution is -0.376. The second-order valence-electron chi connectivity index (χ2n) is 13.8. The molecule has 2 saturated heterocycles. The Morgan fingerprint density at radius 2 is 0.935 bits per heavy atom. The Labute approximate surface area is 356 Å². The van der Waals surface area contributed by atoms with Crippen LogP contribution in [0, 0.1) is 0 Å². The molecule has 19 heteroatoms. The number of methoxy groups -OCH3 is 1. The van der Waals surface area contributed by atoms with Crippen molar-refractivity contribution >= 4 is 41.8 Å². The fourth-order valence-corrected chi connectivity index (χ4v) is 6.94. The van der Waals surface area contributed by atoms with E-state index in [0.29, 0.717) is 0 Å². The molecular weight excluding hydrogens is 818 g/mol. The zero-order chi connectivity index (χ0) is 44.9. The molecule has 3 aromatic carbocycles. The van der Waals surface area contributed by atoms with Gasteiger partial charge in [0.1, 0.15) is 31.5 Å². The van der Waals surface area contributed by atoms with Crippen molar-refractivity contribution in [3.05, 3.63) is 108 Å². The summed E-state index contributed by atoms with van der Waals surface area (Å²) in [7, 11) is 2.40. The highest BCUT2D eigenvalue weighted by Gasteiger charge is 2.60. The quantitative estimate of drug-likeness (QED) is 0.115. The van der Waals surface area contributed by atoms with Gasteiger partial charge in [0.05, 0.1) is 23.8 Å². The molecule has 3 aromatic rings. The number of carbonyl (C=O) groups is 7. The van der Waals surface area contributed by atoms with Crippen molar-refractivity contribution in [2.45, 2.75) is 89.0 Å². The third-order valence-corrected chi connectivity index (χ3v) is 9.47. The van der Waals surface area contributed by atoms with Crippen molar-refractivity contribution in [1.82, 2.24) is 5.06 Å². The summed E-state index contributed by atoms with van der Waals surface area (Å²) >= 11 is 0. The summed E-state index contributed by atoms with van der Waals surface area (Å²) in [5.41, 5.74) is 0.352. The van der Waals surface area contributed by atoms with E-state index in [4.69, 9.17) is 52.2 Å². The number of carbonyl (C=O) groups excluding carboxylic acids is 7. The zero-order valence-corrected chi connectivity index (χ0v) is 34.6. The van der Waals surface area contributed by atoms with Gasteiger partial charge in [-0.3, -0.25) is 24.0 Å². The summed E-state index contributed by atoms with van der Waals surface area (Å²) in [6, 6.07) is 22.1. The third-order valence-electron chi connectivity index (χ3n) is 9.47. The molecule has 0 amide bonds. The molecule has 2 aliphatic heterocycles. The number of hydroxylamine groups is 2. The van der Waals surface area contributed by atoms with Crippen molar-refractivity contribution in [2.75, 3.05) is 27.4 Å². The van der Waals surface area contributed by atoms with E-state index in [2.05, 4.69) is 0 Å². The number of hydrogen-bond donors (Lipinski definition) is 0. The minimum Gasteiger partial charge on any atom is -0.463 e. The highest BCUT2D eigenvalue weighted by Crippen LogP contribution is 2.38. The summed E-state index contributed by atoms with van der Waals surface area (Å²) in [6.07, 6.45) is -14.5. The first-order valence-electron chi connectivity index (χ1n) is 19.3. The average molecular weight is 866 g/mol. The zero-order valence-electron chi connectivity index (χ0n) is 34.6. The highest BCUT2D eigenvalue weighted by molar-refractivity contribution is 5.91. The second kappa shape index (κ2) is 22.0. The van der Waals surface area contributed by atoms with Gasteiger partial charge in [-0.05, 0) is 36.4 Å². The lowest BCUT2D eigenvalue weighted by atomic mass is 9.92. The lowest BCUT2D eigenvalue weighted by Crippen LogP contribution is -2.72. The molecule has 0 saturated carbocycles.